The van der Waals surface area contributed by atoms with Gasteiger partial charge in [0.1, 0.15) is 6.10 Å². The van der Waals surface area contributed by atoms with Crippen molar-refractivity contribution in [3.05, 3.63) is 16.6 Å². The van der Waals surface area contributed by atoms with Crippen LogP contribution in [0.15, 0.2) is 11.6 Å². The lowest BCUT2D eigenvalue weighted by atomic mass is 9.70. The molecule has 0 aliphatic heterocycles. The van der Waals surface area contributed by atoms with Crippen molar-refractivity contribution in [3.8, 4) is 0 Å². The van der Waals surface area contributed by atoms with Gasteiger partial charge >= 0.3 is 11.9 Å². The van der Waals surface area contributed by atoms with E-state index in [1.54, 1.807) is 11.3 Å². The van der Waals surface area contributed by atoms with E-state index >= 15 is 0 Å². The molecule has 0 spiro atoms. The van der Waals surface area contributed by atoms with Gasteiger partial charge in [0, 0.05) is 29.8 Å². The van der Waals surface area contributed by atoms with Crippen molar-refractivity contribution in [1.29, 1.82) is 0 Å². The quantitative estimate of drug-likeness (QED) is 0.0525. The van der Waals surface area contributed by atoms with Crippen molar-refractivity contribution in [2.24, 2.45) is 22.7 Å². The molecule has 1 heterocycles. The first kappa shape index (κ1) is 45.9. The Morgan fingerprint density at radius 3 is 1.91 bits per heavy atom. The van der Waals surface area contributed by atoms with E-state index in [-0.39, 0.29) is 28.9 Å². The first-order valence-electron chi connectivity index (χ1n) is 22.6. The molecule has 2 fully saturated rings. The maximum Gasteiger partial charge on any atom is 0.306 e. The Morgan fingerprint density at radius 2 is 1.36 bits per heavy atom. The third-order valence-electron chi connectivity index (χ3n) is 13.5. The highest BCUT2D eigenvalue weighted by Gasteiger charge is 2.62. The highest BCUT2D eigenvalue weighted by atomic mass is 32.1. The predicted molar refractivity (Wildman–Crippen MR) is 223 cm³/mol. The molecule has 3 rings (SSSR count). The van der Waals surface area contributed by atoms with Crippen LogP contribution in [-0.4, -0.2) is 54.2 Å². The van der Waals surface area contributed by atoms with Crippen LogP contribution in [0.4, 0.5) is 0 Å². The summed E-state index contributed by atoms with van der Waals surface area (Å²) in [5, 5.41) is 3.33. The summed E-state index contributed by atoms with van der Waals surface area (Å²) in [4.78, 5) is 32.2. The number of ether oxygens (including phenoxy) is 2. The maximum absolute atomic E-state index is 12.7. The Bertz CT molecular complexity index is 1080. The Balaban J connectivity index is 1.23. The van der Waals surface area contributed by atoms with Crippen LogP contribution in [0, 0.1) is 22.7 Å². The summed E-state index contributed by atoms with van der Waals surface area (Å²) in [6, 6.07) is 0. The number of hydrogen-bond acceptors (Lipinski definition) is 7. The molecule has 0 amide bonds. The summed E-state index contributed by atoms with van der Waals surface area (Å²) in [6.45, 7) is 15.8. The second kappa shape index (κ2) is 26.4. The number of thiazole rings is 1. The average molecular weight is 759 g/mol. The number of unbranched alkanes of at least 4 members (excludes halogenated alkanes) is 13. The fourth-order valence-corrected chi connectivity index (χ4v) is 9.99. The Morgan fingerprint density at radius 1 is 0.774 bits per heavy atom. The van der Waals surface area contributed by atoms with Crippen molar-refractivity contribution >= 4 is 23.3 Å². The largest absolute Gasteiger partial charge is 0.466 e. The van der Waals surface area contributed by atoms with Gasteiger partial charge in [-0.25, -0.2) is 4.98 Å². The van der Waals surface area contributed by atoms with Crippen molar-refractivity contribution in [3.63, 3.8) is 0 Å². The van der Waals surface area contributed by atoms with E-state index in [1.165, 1.54) is 140 Å². The molecule has 2 saturated carbocycles. The number of carbonyl (C=O) groups excluding carboxylic acids is 2. The molecule has 2 bridgehead atoms. The molecule has 6 nitrogen and oxygen atoms in total. The fraction of sp³-hybridized carbons (Fsp3) is 0.891. The topological polar surface area (TPSA) is 68.7 Å². The molecule has 0 aromatic carbocycles. The molecule has 0 radical (unpaired) electrons. The van der Waals surface area contributed by atoms with Crippen LogP contribution in [0.3, 0.4) is 0 Å². The van der Waals surface area contributed by atoms with Crippen LogP contribution in [0.2, 0.25) is 0 Å². The highest BCUT2D eigenvalue weighted by molar-refractivity contribution is 7.09. The minimum atomic E-state index is 0.00367. The van der Waals surface area contributed by atoms with E-state index < -0.39 is 0 Å². The lowest BCUT2D eigenvalue weighted by Gasteiger charge is -2.38. The standard InChI is InChI=1S/C46H82N2O4S/c1-6-8-16-24-39(25-17-9-7-2)30-36-51-43(49)27-18-12-10-14-21-33-48(35-23-20-26-42-47-32-37-53-42)34-22-15-11-13-19-28-44(50)52-41-38-40-29-31-46(41,5)45(40,3)4/h32,37,39-41H,6-31,33-36,38H2,1-5H3/t40-,41+,46+/m0/s1. The zero-order chi connectivity index (χ0) is 38.2. The number of aromatic nitrogens is 1. The predicted octanol–water partition coefficient (Wildman–Crippen LogP) is 12.9. The van der Waals surface area contributed by atoms with Gasteiger partial charge in [0.25, 0.3) is 0 Å². The minimum absolute atomic E-state index is 0.00367. The van der Waals surface area contributed by atoms with Gasteiger partial charge < -0.3 is 14.4 Å². The third kappa shape index (κ3) is 17.1. The van der Waals surface area contributed by atoms with Crippen LogP contribution in [-0.2, 0) is 25.5 Å². The lowest BCUT2D eigenvalue weighted by Crippen LogP contribution is -2.38. The number of rotatable bonds is 33. The summed E-state index contributed by atoms with van der Waals surface area (Å²) in [6.07, 6.45) is 33.1. The van der Waals surface area contributed by atoms with E-state index in [0.29, 0.717) is 31.3 Å². The van der Waals surface area contributed by atoms with Gasteiger partial charge in [-0.2, -0.15) is 0 Å². The van der Waals surface area contributed by atoms with Crippen molar-refractivity contribution < 1.29 is 19.1 Å². The first-order valence-corrected chi connectivity index (χ1v) is 23.5. The maximum atomic E-state index is 12.7. The lowest BCUT2D eigenvalue weighted by molar-refractivity contribution is -0.157. The van der Waals surface area contributed by atoms with Gasteiger partial charge in [-0.3, -0.25) is 9.59 Å². The average Bonchev–Trinajstić information content (AvgIpc) is 3.78. The summed E-state index contributed by atoms with van der Waals surface area (Å²) < 4.78 is 11.7. The Hall–Kier alpha value is -1.47. The Labute approximate surface area is 330 Å². The second-order valence-electron chi connectivity index (χ2n) is 17.7. The van der Waals surface area contributed by atoms with Crippen molar-refractivity contribution in [1.82, 2.24) is 9.88 Å². The summed E-state index contributed by atoms with van der Waals surface area (Å²) in [5.41, 5.74) is 0.440. The SMILES string of the molecule is CCCCCC(CCCCC)CCOC(=O)CCCCCCCN(CCCCCCCC(=O)O[C@@H]1C[C@@H]2CC[C@@]1(C)C2(C)C)CCCCc1nccs1. The molecule has 0 saturated heterocycles. The monoisotopic (exact) mass is 759 g/mol. The van der Waals surface area contributed by atoms with Crippen molar-refractivity contribution in [2.45, 2.75) is 214 Å². The van der Waals surface area contributed by atoms with Crippen LogP contribution >= 0.6 is 11.3 Å². The summed E-state index contributed by atoms with van der Waals surface area (Å²) in [7, 11) is 0. The number of esters is 2. The van der Waals surface area contributed by atoms with Gasteiger partial charge in [-0.1, -0.05) is 125 Å². The molecule has 7 heteroatoms. The smallest absolute Gasteiger partial charge is 0.306 e. The number of carbonyl (C=O) groups is 2. The molecule has 1 aromatic heterocycles. The van der Waals surface area contributed by atoms with E-state index in [4.69, 9.17) is 9.47 Å². The number of fused-ring (bicyclic) bond motifs is 2. The molecular weight excluding hydrogens is 677 g/mol. The number of hydrogen-bond donors (Lipinski definition) is 0. The molecule has 2 aliphatic carbocycles. The van der Waals surface area contributed by atoms with Crippen LogP contribution in [0.25, 0.3) is 0 Å². The second-order valence-corrected chi connectivity index (χ2v) is 18.7. The Kier molecular flexibility index (Phi) is 22.9. The van der Waals surface area contributed by atoms with Gasteiger partial charge in [0.05, 0.1) is 11.6 Å². The molecule has 3 atom stereocenters. The van der Waals surface area contributed by atoms with Crippen molar-refractivity contribution in [2.75, 3.05) is 26.2 Å². The molecule has 0 N–H and O–H groups in total. The van der Waals surface area contributed by atoms with E-state index in [1.807, 2.05) is 6.20 Å². The zero-order valence-corrected chi connectivity index (χ0v) is 36.1. The molecule has 53 heavy (non-hydrogen) atoms. The number of nitrogens with zero attached hydrogens (tertiary/aromatic N) is 2. The van der Waals surface area contributed by atoms with E-state index in [0.717, 1.165) is 44.9 Å². The normalized spacial score (nSPS) is 20.5. The van der Waals surface area contributed by atoms with Gasteiger partial charge in [-0.15, -0.1) is 11.3 Å². The molecule has 1 aromatic rings. The number of aryl methyl sites for hydroxylation is 1. The summed E-state index contributed by atoms with van der Waals surface area (Å²) >= 11 is 1.77. The molecule has 306 valence electrons. The van der Waals surface area contributed by atoms with Gasteiger partial charge in [0.2, 0.25) is 0 Å². The molecule has 2 aliphatic rings. The molecular formula is C46H82N2O4S. The first-order chi connectivity index (χ1) is 25.7. The van der Waals surface area contributed by atoms with Crippen LogP contribution in [0.5, 0.6) is 0 Å². The fourth-order valence-electron chi connectivity index (χ4n) is 9.33. The summed E-state index contributed by atoms with van der Waals surface area (Å²) in [5.74, 6) is 1.45. The van der Waals surface area contributed by atoms with Crippen LogP contribution < -0.4 is 0 Å². The minimum Gasteiger partial charge on any atom is -0.466 e. The zero-order valence-electron chi connectivity index (χ0n) is 35.2. The van der Waals surface area contributed by atoms with E-state index in [2.05, 4.69) is 49.9 Å². The van der Waals surface area contributed by atoms with E-state index in [9.17, 15) is 9.59 Å². The van der Waals surface area contributed by atoms with Crippen LogP contribution in [0.1, 0.15) is 207 Å². The van der Waals surface area contributed by atoms with Gasteiger partial charge in [-0.05, 0) is 108 Å². The molecule has 0 unspecified atom stereocenters. The third-order valence-corrected chi connectivity index (χ3v) is 14.4. The van der Waals surface area contributed by atoms with Gasteiger partial charge in [0.15, 0.2) is 0 Å². The highest BCUT2D eigenvalue weighted by Crippen LogP contribution is 2.66.